The van der Waals surface area contributed by atoms with Gasteiger partial charge in [-0.15, -0.1) is 0 Å². The molecule has 2 rings (SSSR count). The zero-order valence-corrected chi connectivity index (χ0v) is 11.0. The molecular formula is C13H23N3O. The summed E-state index contributed by atoms with van der Waals surface area (Å²) < 4.78 is 5.73. The molecule has 1 unspecified atom stereocenters. The first-order chi connectivity index (χ1) is 8.08. The highest BCUT2D eigenvalue weighted by Gasteiger charge is 2.25. The number of rotatable bonds is 3. The van der Waals surface area contributed by atoms with Gasteiger partial charge in [0.15, 0.2) is 5.89 Å². The Morgan fingerprint density at radius 3 is 2.47 bits per heavy atom. The monoisotopic (exact) mass is 237 g/mol. The minimum atomic E-state index is -0.0630. The van der Waals surface area contributed by atoms with Crippen molar-refractivity contribution in [1.29, 1.82) is 0 Å². The third kappa shape index (κ3) is 2.87. The molecule has 0 aromatic carbocycles. The smallest absolute Gasteiger partial charge is 0.197 e. The van der Waals surface area contributed by atoms with E-state index in [1.165, 1.54) is 0 Å². The minimum absolute atomic E-state index is 0.0630. The van der Waals surface area contributed by atoms with Crippen LogP contribution in [0.2, 0.25) is 0 Å². The summed E-state index contributed by atoms with van der Waals surface area (Å²) in [7, 11) is 0. The molecule has 4 heteroatoms. The van der Waals surface area contributed by atoms with Gasteiger partial charge in [0.05, 0.1) is 12.2 Å². The fourth-order valence-electron chi connectivity index (χ4n) is 2.36. The van der Waals surface area contributed by atoms with Crippen molar-refractivity contribution < 1.29 is 4.42 Å². The predicted octanol–water partition coefficient (Wildman–Crippen LogP) is 2.28. The number of likely N-dealkylation sites (tertiary alicyclic amines) is 1. The zero-order chi connectivity index (χ0) is 12.4. The molecule has 0 aliphatic carbocycles. The summed E-state index contributed by atoms with van der Waals surface area (Å²) in [5.41, 5.74) is 5.78. The number of aromatic nitrogens is 1. The molecule has 1 aromatic heterocycles. The van der Waals surface area contributed by atoms with Crippen molar-refractivity contribution in [3.63, 3.8) is 0 Å². The number of nitrogens with zero attached hydrogens (tertiary/aromatic N) is 2. The number of nitrogens with two attached hydrogens (primary N) is 1. The fraction of sp³-hybridized carbons (Fsp3) is 0.769. The molecule has 0 radical (unpaired) electrons. The Morgan fingerprint density at radius 1 is 1.35 bits per heavy atom. The quantitative estimate of drug-likeness (QED) is 0.876. The average molecular weight is 237 g/mol. The molecule has 0 amide bonds. The molecule has 1 fully saturated rings. The first kappa shape index (κ1) is 12.6. The van der Waals surface area contributed by atoms with Crippen LogP contribution >= 0.6 is 0 Å². The summed E-state index contributed by atoms with van der Waals surface area (Å²) in [4.78, 5) is 6.87. The van der Waals surface area contributed by atoms with Crippen molar-refractivity contribution in [2.75, 3.05) is 13.1 Å². The van der Waals surface area contributed by atoms with Crippen molar-refractivity contribution in [3.8, 4) is 0 Å². The van der Waals surface area contributed by atoms with Gasteiger partial charge in [-0.2, -0.15) is 0 Å². The number of oxazole rings is 1. The summed E-state index contributed by atoms with van der Waals surface area (Å²) >= 11 is 0. The van der Waals surface area contributed by atoms with Gasteiger partial charge in [0.2, 0.25) is 0 Å². The fourth-order valence-corrected chi connectivity index (χ4v) is 2.36. The topological polar surface area (TPSA) is 55.3 Å². The standard InChI is InChI=1S/C13H23N3O/c1-9(2)16-6-4-11(5-7-16)13-15-8-12(17-13)10(3)14/h8-11H,4-7,14H2,1-3H3. The molecule has 0 bridgehead atoms. The van der Waals surface area contributed by atoms with Crippen molar-refractivity contribution in [1.82, 2.24) is 9.88 Å². The SMILES string of the molecule is CC(N)c1cnc(C2CCN(C(C)C)CC2)o1. The lowest BCUT2D eigenvalue weighted by Crippen LogP contribution is -2.37. The average Bonchev–Trinajstić information content (AvgIpc) is 2.78. The first-order valence-electron chi connectivity index (χ1n) is 6.53. The third-order valence-corrected chi connectivity index (χ3v) is 3.60. The molecule has 1 aliphatic rings. The van der Waals surface area contributed by atoms with E-state index in [1.54, 1.807) is 6.20 Å². The van der Waals surface area contributed by atoms with E-state index in [0.717, 1.165) is 37.6 Å². The van der Waals surface area contributed by atoms with Gasteiger partial charge in [0, 0.05) is 12.0 Å². The molecular weight excluding hydrogens is 214 g/mol. The second-order valence-corrected chi connectivity index (χ2v) is 5.29. The van der Waals surface area contributed by atoms with E-state index < -0.39 is 0 Å². The molecule has 1 aliphatic heterocycles. The summed E-state index contributed by atoms with van der Waals surface area (Å²) in [6, 6.07) is 0.576. The Bertz CT molecular complexity index is 351. The third-order valence-electron chi connectivity index (χ3n) is 3.60. The van der Waals surface area contributed by atoms with E-state index in [4.69, 9.17) is 10.2 Å². The van der Waals surface area contributed by atoms with Gasteiger partial charge < -0.3 is 15.1 Å². The van der Waals surface area contributed by atoms with Crippen LogP contribution in [0.3, 0.4) is 0 Å². The molecule has 0 saturated carbocycles. The highest BCUT2D eigenvalue weighted by molar-refractivity contribution is 5.03. The maximum Gasteiger partial charge on any atom is 0.197 e. The van der Waals surface area contributed by atoms with Gasteiger partial charge in [-0.1, -0.05) is 0 Å². The summed E-state index contributed by atoms with van der Waals surface area (Å²) in [5.74, 6) is 2.14. The van der Waals surface area contributed by atoms with Crippen LogP contribution in [0.4, 0.5) is 0 Å². The molecule has 96 valence electrons. The number of hydrogen-bond acceptors (Lipinski definition) is 4. The lowest BCUT2D eigenvalue weighted by atomic mass is 9.96. The normalized spacial score (nSPS) is 21.0. The Labute approximate surface area is 103 Å². The van der Waals surface area contributed by atoms with E-state index in [-0.39, 0.29) is 6.04 Å². The Balaban J connectivity index is 1.96. The van der Waals surface area contributed by atoms with Gasteiger partial charge in [-0.3, -0.25) is 0 Å². The molecule has 1 aromatic rings. The van der Waals surface area contributed by atoms with Crippen molar-refractivity contribution >= 4 is 0 Å². The second-order valence-electron chi connectivity index (χ2n) is 5.29. The molecule has 4 nitrogen and oxygen atoms in total. The lowest BCUT2D eigenvalue weighted by Gasteiger charge is -2.33. The molecule has 17 heavy (non-hydrogen) atoms. The van der Waals surface area contributed by atoms with Crippen LogP contribution < -0.4 is 5.73 Å². The van der Waals surface area contributed by atoms with Crippen LogP contribution in [0.5, 0.6) is 0 Å². The summed E-state index contributed by atoms with van der Waals surface area (Å²) in [6.45, 7) is 8.70. The van der Waals surface area contributed by atoms with Crippen LogP contribution in [0.1, 0.15) is 57.2 Å². The van der Waals surface area contributed by atoms with Crippen LogP contribution in [-0.4, -0.2) is 29.0 Å². The van der Waals surface area contributed by atoms with Gasteiger partial charge in [0.1, 0.15) is 5.76 Å². The number of hydrogen-bond donors (Lipinski definition) is 1. The van der Waals surface area contributed by atoms with Crippen LogP contribution in [0.25, 0.3) is 0 Å². The largest absolute Gasteiger partial charge is 0.444 e. The van der Waals surface area contributed by atoms with Gasteiger partial charge >= 0.3 is 0 Å². The molecule has 1 saturated heterocycles. The second kappa shape index (κ2) is 5.19. The van der Waals surface area contributed by atoms with E-state index >= 15 is 0 Å². The van der Waals surface area contributed by atoms with Gasteiger partial charge in [-0.25, -0.2) is 4.98 Å². The van der Waals surface area contributed by atoms with E-state index in [9.17, 15) is 0 Å². The van der Waals surface area contributed by atoms with Crippen LogP contribution in [0.15, 0.2) is 10.6 Å². The first-order valence-corrected chi connectivity index (χ1v) is 6.53. The summed E-state index contributed by atoms with van der Waals surface area (Å²) in [6.07, 6.45) is 4.04. The Hall–Kier alpha value is -0.870. The Morgan fingerprint density at radius 2 is 2.00 bits per heavy atom. The highest BCUT2D eigenvalue weighted by Crippen LogP contribution is 2.29. The van der Waals surface area contributed by atoms with Crippen LogP contribution in [-0.2, 0) is 0 Å². The van der Waals surface area contributed by atoms with Crippen molar-refractivity contribution in [3.05, 3.63) is 17.8 Å². The van der Waals surface area contributed by atoms with E-state index in [1.807, 2.05) is 6.92 Å². The Kier molecular flexibility index (Phi) is 3.84. The van der Waals surface area contributed by atoms with Crippen LogP contribution in [0, 0.1) is 0 Å². The molecule has 0 spiro atoms. The van der Waals surface area contributed by atoms with Crippen molar-refractivity contribution in [2.24, 2.45) is 5.73 Å². The zero-order valence-electron chi connectivity index (χ0n) is 11.0. The predicted molar refractivity (Wildman–Crippen MR) is 67.8 cm³/mol. The number of piperidine rings is 1. The molecule has 2 N–H and O–H groups in total. The summed E-state index contributed by atoms with van der Waals surface area (Å²) in [5, 5.41) is 0. The van der Waals surface area contributed by atoms with Crippen molar-refractivity contribution in [2.45, 2.75) is 51.6 Å². The maximum atomic E-state index is 5.78. The molecule has 1 atom stereocenters. The minimum Gasteiger partial charge on any atom is -0.444 e. The van der Waals surface area contributed by atoms with Gasteiger partial charge in [-0.05, 0) is 46.7 Å². The van der Waals surface area contributed by atoms with Gasteiger partial charge in [0.25, 0.3) is 0 Å². The van der Waals surface area contributed by atoms with E-state index in [0.29, 0.717) is 12.0 Å². The highest BCUT2D eigenvalue weighted by atomic mass is 16.4. The van der Waals surface area contributed by atoms with E-state index in [2.05, 4.69) is 23.7 Å². The molecule has 2 heterocycles. The maximum absolute atomic E-state index is 5.78. The lowest BCUT2D eigenvalue weighted by molar-refractivity contribution is 0.162.